The third kappa shape index (κ3) is 3.17. The van der Waals surface area contributed by atoms with Crippen molar-refractivity contribution >= 4 is 23.5 Å². The molecule has 0 atom stereocenters. The second kappa shape index (κ2) is 5.91. The van der Waals surface area contributed by atoms with Gasteiger partial charge in [0.2, 0.25) is 5.88 Å². The first-order valence-corrected chi connectivity index (χ1v) is 7.47. The van der Waals surface area contributed by atoms with Crippen molar-refractivity contribution in [3.8, 4) is 5.88 Å². The van der Waals surface area contributed by atoms with Crippen LogP contribution < -0.4 is 9.64 Å². The first-order valence-electron chi connectivity index (χ1n) is 6.49. The van der Waals surface area contributed by atoms with Gasteiger partial charge in [-0.25, -0.2) is 4.79 Å². The van der Waals surface area contributed by atoms with Crippen LogP contribution in [-0.4, -0.2) is 48.8 Å². The van der Waals surface area contributed by atoms with Gasteiger partial charge in [0.15, 0.2) is 0 Å². The molecule has 1 aliphatic heterocycles. The van der Waals surface area contributed by atoms with E-state index in [1.54, 1.807) is 6.07 Å². The third-order valence-electron chi connectivity index (χ3n) is 3.19. The number of carbonyl (C=O) groups excluding carboxylic acids is 1. The summed E-state index contributed by atoms with van der Waals surface area (Å²) < 4.78 is 10.1. The van der Waals surface area contributed by atoms with Gasteiger partial charge in [-0.1, -0.05) is 0 Å². The quantitative estimate of drug-likeness (QED) is 0.797. The molecule has 0 bridgehead atoms. The summed E-state index contributed by atoms with van der Waals surface area (Å²) in [7, 11) is 2.86. The van der Waals surface area contributed by atoms with E-state index in [-0.39, 0.29) is 4.75 Å². The van der Waals surface area contributed by atoms with Gasteiger partial charge in [0.25, 0.3) is 0 Å². The number of rotatable bonds is 3. The van der Waals surface area contributed by atoms with Crippen LogP contribution in [0.15, 0.2) is 12.1 Å². The molecule has 1 fully saturated rings. The minimum atomic E-state index is -0.435. The number of anilines is 1. The average Bonchev–Trinajstić information content (AvgIpc) is 2.44. The Morgan fingerprint density at radius 2 is 2.15 bits per heavy atom. The molecule has 0 saturated carbocycles. The topological polar surface area (TPSA) is 51.7 Å². The second-order valence-electron chi connectivity index (χ2n) is 5.25. The molecule has 0 aromatic carbocycles. The molecular weight excluding hydrogens is 276 g/mol. The van der Waals surface area contributed by atoms with Crippen LogP contribution in [0.4, 0.5) is 5.82 Å². The Morgan fingerprint density at radius 1 is 1.40 bits per heavy atom. The van der Waals surface area contributed by atoms with Crippen molar-refractivity contribution in [1.82, 2.24) is 4.98 Å². The van der Waals surface area contributed by atoms with E-state index in [0.717, 1.165) is 24.7 Å². The molecule has 0 amide bonds. The number of hydrogen-bond acceptors (Lipinski definition) is 6. The highest BCUT2D eigenvalue weighted by atomic mass is 32.2. The van der Waals surface area contributed by atoms with E-state index in [9.17, 15) is 4.79 Å². The lowest BCUT2D eigenvalue weighted by Gasteiger charge is -2.38. The molecule has 0 unspecified atom stereocenters. The summed E-state index contributed by atoms with van der Waals surface area (Å²) in [5.74, 6) is 1.78. The number of hydrogen-bond donors (Lipinski definition) is 0. The van der Waals surface area contributed by atoms with Gasteiger partial charge in [0.05, 0.1) is 14.2 Å². The first kappa shape index (κ1) is 15.0. The maximum atomic E-state index is 11.6. The fourth-order valence-electron chi connectivity index (χ4n) is 2.24. The average molecular weight is 296 g/mol. The first-order chi connectivity index (χ1) is 9.46. The number of nitrogens with zero attached hydrogens (tertiary/aromatic N) is 2. The molecule has 6 heteroatoms. The molecule has 2 heterocycles. The Labute approximate surface area is 123 Å². The summed E-state index contributed by atoms with van der Waals surface area (Å²) in [6.45, 7) is 6.32. The number of pyridine rings is 1. The zero-order valence-electron chi connectivity index (χ0n) is 12.3. The molecule has 1 aromatic heterocycles. The molecule has 1 aliphatic rings. The Hall–Kier alpha value is -1.43. The molecule has 5 nitrogen and oxygen atoms in total. The van der Waals surface area contributed by atoms with Gasteiger partial charge in [0.1, 0.15) is 11.4 Å². The molecule has 1 saturated heterocycles. The van der Waals surface area contributed by atoms with Crippen molar-refractivity contribution in [1.29, 1.82) is 0 Å². The van der Waals surface area contributed by atoms with Gasteiger partial charge >= 0.3 is 5.97 Å². The van der Waals surface area contributed by atoms with Crippen LogP contribution in [0, 0.1) is 0 Å². The second-order valence-corrected chi connectivity index (χ2v) is 7.05. The Morgan fingerprint density at radius 3 is 2.75 bits per heavy atom. The van der Waals surface area contributed by atoms with Gasteiger partial charge < -0.3 is 14.4 Å². The van der Waals surface area contributed by atoms with Gasteiger partial charge in [-0.15, -0.1) is 0 Å². The SMILES string of the molecule is COC(=O)c1ccc(N2CCSC(C)(C)C2)nc1OC. The highest BCUT2D eigenvalue weighted by molar-refractivity contribution is 8.00. The minimum absolute atomic E-state index is 0.203. The van der Waals surface area contributed by atoms with Crippen LogP contribution >= 0.6 is 11.8 Å². The van der Waals surface area contributed by atoms with Crippen LogP contribution in [0.3, 0.4) is 0 Å². The Bertz CT molecular complexity index is 505. The van der Waals surface area contributed by atoms with Crippen molar-refractivity contribution in [2.45, 2.75) is 18.6 Å². The number of aromatic nitrogens is 1. The maximum Gasteiger partial charge on any atom is 0.343 e. The normalized spacial score (nSPS) is 17.7. The van der Waals surface area contributed by atoms with E-state index in [1.165, 1.54) is 14.2 Å². The summed E-state index contributed by atoms with van der Waals surface area (Å²) in [6, 6.07) is 3.56. The highest BCUT2D eigenvalue weighted by Crippen LogP contribution is 2.32. The van der Waals surface area contributed by atoms with Crippen LogP contribution in [0.2, 0.25) is 0 Å². The zero-order valence-corrected chi connectivity index (χ0v) is 13.1. The van der Waals surface area contributed by atoms with Crippen molar-refractivity contribution in [2.75, 3.05) is 38.0 Å². The highest BCUT2D eigenvalue weighted by Gasteiger charge is 2.28. The Balaban J connectivity index is 2.27. The molecular formula is C14H20N2O3S. The molecule has 0 spiro atoms. The van der Waals surface area contributed by atoms with Gasteiger partial charge in [0, 0.05) is 23.6 Å². The van der Waals surface area contributed by atoms with Crippen LogP contribution in [0.5, 0.6) is 5.88 Å². The number of thioether (sulfide) groups is 1. The summed E-state index contributed by atoms with van der Waals surface area (Å²) in [6.07, 6.45) is 0. The van der Waals surface area contributed by atoms with Gasteiger partial charge in [-0.3, -0.25) is 0 Å². The van der Waals surface area contributed by atoms with E-state index in [4.69, 9.17) is 9.47 Å². The molecule has 1 aromatic rings. The van der Waals surface area contributed by atoms with E-state index in [2.05, 4.69) is 23.7 Å². The lowest BCUT2D eigenvalue weighted by molar-refractivity contribution is 0.0596. The molecule has 0 radical (unpaired) electrons. The van der Waals surface area contributed by atoms with Crippen molar-refractivity contribution in [3.63, 3.8) is 0 Å². The van der Waals surface area contributed by atoms with Gasteiger partial charge in [-0.05, 0) is 26.0 Å². The zero-order chi connectivity index (χ0) is 14.8. The third-order valence-corrected chi connectivity index (χ3v) is 4.49. The Kier molecular flexibility index (Phi) is 4.42. The van der Waals surface area contributed by atoms with Crippen molar-refractivity contribution in [2.24, 2.45) is 0 Å². The van der Waals surface area contributed by atoms with Crippen LogP contribution in [0.1, 0.15) is 24.2 Å². The summed E-state index contributed by atoms with van der Waals surface area (Å²) in [5, 5.41) is 0. The summed E-state index contributed by atoms with van der Waals surface area (Å²) in [4.78, 5) is 18.3. The fraction of sp³-hybridized carbons (Fsp3) is 0.571. The van der Waals surface area contributed by atoms with Gasteiger partial charge in [-0.2, -0.15) is 16.7 Å². The number of esters is 1. The fourth-order valence-corrected chi connectivity index (χ4v) is 3.35. The standard InChI is InChI=1S/C14H20N2O3S/c1-14(2)9-16(7-8-20-14)11-6-5-10(13(17)19-4)12(15-11)18-3/h5-6H,7-9H2,1-4H3. The van der Waals surface area contributed by atoms with E-state index >= 15 is 0 Å². The number of methoxy groups -OCH3 is 2. The smallest absolute Gasteiger partial charge is 0.343 e. The molecule has 0 aliphatic carbocycles. The van der Waals surface area contributed by atoms with Crippen LogP contribution in [-0.2, 0) is 4.74 Å². The summed E-state index contributed by atoms with van der Waals surface area (Å²) >= 11 is 1.97. The number of ether oxygens (including phenoxy) is 2. The molecule has 20 heavy (non-hydrogen) atoms. The van der Waals surface area contributed by atoms with E-state index in [1.807, 2.05) is 17.8 Å². The van der Waals surface area contributed by atoms with E-state index < -0.39 is 5.97 Å². The molecule has 2 rings (SSSR count). The maximum absolute atomic E-state index is 11.6. The molecule has 0 N–H and O–H groups in total. The number of carbonyl (C=O) groups is 1. The predicted molar refractivity (Wildman–Crippen MR) is 80.9 cm³/mol. The monoisotopic (exact) mass is 296 g/mol. The lowest BCUT2D eigenvalue weighted by Crippen LogP contribution is -2.43. The lowest BCUT2D eigenvalue weighted by atomic mass is 10.2. The van der Waals surface area contributed by atoms with Crippen molar-refractivity contribution in [3.05, 3.63) is 17.7 Å². The van der Waals surface area contributed by atoms with Crippen LogP contribution in [0.25, 0.3) is 0 Å². The van der Waals surface area contributed by atoms with Crippen molar-refractivity contribution < 1.29 is 14.3 Å². The van der Waals surface area contributed by atoms with E-state index in [0.29, 0.717) is 11.4 Å². The molecule has 110 valence electrons. The summed E-state index contributed by atoms with van der Waals surface area (Å²) in [5.41, 5.74) is 0.351. The minimum Gasteiger partial charge on any atom is -0.480 e. The predicted octanol–water partition coefficient (Wildman–Crippen LogP) is 2.21. The largest absolute Gasteiger partial charge is 0.480 e.